The maximum Gasteiger partial charge on any atom is 0.274 e. The van der Waals surface area contributed by atoms with Crippen LogP contribution in [0.4, 0.5) is 0 Å². The number of nitrogens with zero attached hydrogens (tertiary/aromatic N) is 2. The third-order valence-electron chi connectivity index (χ3n) is 3.43. The van der Waals surface area contributed by atoms with Crippen LogP contribution >= 0.6 is 27.5 Å². The first-order chi connectivity index (χ1) is 11.6. The number of aromatic nitrogens is 1. The number of carbonyl (C=O) groups is 1. The third kappa shape index (κ3) is 3.25. The van der Waals surface area contributed by atoms with E-state index in [9.17, 15) is 10.1 Å². The number of carbonyl (C=O) groups excluding carboxylic acids is 1. The number of benzene rings is 2. The Morgan fingerprint density at radius 3 is 2.67 bits per heavy atom. The molecule has 0 saturated heterocycles. The van der Waals surface area contributed by atoms with Crippen LogP contribution in [0.25, 0.3) is 10.9 Å². The SMILES string of the molecule is N#Cc1c(OCc2ccccc2)c(C(=O)Cl)nc2cc(Br)ccc12. The second-order valence-electron chi connectivity index (χ2n) is 4.99. The topological polar surface area (TPSA) is 63.0 Å². The van der Waals surface area contributed by atoms with Gasteiger partial charge in [-0.1, -0.05) is 52.3 Å². The predicted molar refractivity (Wildman–Crippen MR) is 95.1 cm³/mol. The second kappa shape index (κ2) is 7.00. The van der Waals surface area contributed by atoms with E-state index >= 15 is 0 Å². The summed E-state index contributed by atoms with van der Waals surface area (Å²) in [5.74, 6) is 0.108. The summed E-state index contributed by atoms with van der Waals surface area (Å²) in [5, 5.41) is 9.40. The van der Waals surface area contributed by atoms with E-state index in [-0.39, 0.29) is 23.6 Å². The first-order valence-corrected chi connectivity index (χ1v) is 8.17. The number of rotatable bonds is 4. The molecule has 24 heavy (non-hydrogen) atoms. The summed E-state index contributed by atoms with van der Waals surface area (Å²) >= 11 is 9.00. The number of hydrogen-bond acceptors (Lipinski definition) is 4. The van der Waals surface area contributed by atoms with Crippen LogP contribution in [0.1, 0.15) is 21.6 Å². The van der Waals surface area contributed by atoms with E-state index in [2.05, 4.69) is 27.0 Å². The highest BCUT2D eigenvalue weighted by atomic mass is 79.9. The Kier molecular flexibility index (Phi) is 4.79. The minimum atomic E-state index is -0.767. The van der Waals surface area contributed by atoms with E-state index in [0.29, 0.717) is 10.9 Å². The molecule has 0 unspecified atom stereocenters. The number of hydrogen-bond donors (Lipinski definition) is 0. The molecule has 3 rings (SSSR count). The van der Waals surface area contributed by atoms with Crippen molar-refractivity contribution in [3.05, 3.63) is 69.8 Å². The Labute approximate surface area is 151 Å². The average Bonchev–Trinajstić information content (AvgIpc) is 2.59. The number of nitriles is 1. The average molecular weight is 402 g/mol. The summed E-state index contributed by atoms with van der Waals surface area (Å²) in [6.45, 7) is 0.205. The number of pyridine rings is 1. The lowest BCUT2D eigenvalue weighted by Crippen LogP contribution is -2.06. The van der Waals surface area contributed by atoms with Crippen molar-refractivity contribution in [2.24, 2.45) is 0 Å². The normalized spacial score (nSPS) is 10.4. The Morgan fingerprint density at radius 1 is 1.25 bits per heavy atom. The molecule has 0 amide bonds. The minimum absolute atomic E-state index is 0.0604. The van der Waals surface area contributed by atoms with E-state index in [4.69, 9.17) is 16.3 Å². The van der Waals surface area contributed by atoms with Crippen LogP contribution < -0.4 is 4.74 Å². The Morgan fingerprint density at radius 2 is 2.00 bits per heavy atom. The summed E-state index contributed by atoms with van der Waals surface area (Å²) in [4.78, 5) is 16.0. The van der Waals surface area contributed by atoms with Crippen LogP contribution in [-0.2, 0) is 6.61 Å². The van der Waals surface area contributed by atoms with Crippen LogP contribution in [-0.4, -0.2) is 10.2 Å². The first kappa shape index (κ1) is 16.4. The molecule has 3 aromatic rings. The highest BCUT2D eigenvalue weighted by Crippen LogP contribution is 2.32. The third-order valence-corrected chi connectivity index (χ3v) is 4.10. The van der Waals surface area contributed by atoms with Gasteiger partial charge in [0.2, 0.25) is 0 Å². The van der Waals surface area contributed by atoms with Gasteiger partial charge in [-0.05, 0) is 29.3 Å². The molecule has 6 heteroatoms. The second-order valence-corrected chi connectivity index (χ2v) is 6.24. The lowest BCUT2D eigenvalue weighted by molar-refractivity contribution is 0.107. The van der Waals surface area contributed by atoms with E-state index in [0.717, 1.165) is 10.0 Å². The first-order valence-electron chi connectivity index (χ1n) is 7.00. The Bertz CT molecular complexity index is 968. The van der Waals surface area contributed by atoms with Crippen LogP contribution in [0.5, 0.6) is 5.75 Å². The summed E-state index contributed by atoms with van der Waals surface area (Å²) in [5.41, 5.74) is 1.59. The fourth-order valence-electron chi connectivity index (χ4n) is 2.34. The molecule has 0 atom stereocenters. The summed E-state index contributed by atoms with van der Waals surface area (Å²) in [6.07, 6.45) is 0. The van der Waals surface area contributed by atoms with E-state index in [1.54, 1.807) is 18.2 Å². The minimum Gasteiger partial charge on any atom is -0.485 e. The molecular formula is C18H10BrClN2O2. The Balaban J connectivity index is 2.14. The van der Waals surface area contributed by atoms with Crippen molar-refractivity contribution >= 4 is 43.7 Å². The molecule has 0 spiro atoms. The van der Waals surface area contributed by atoms with Crippen LogP contribution in [0.3, 0.4) is 0 Å². The molecule has 1 heterocycles. The van der Waals surface area contributed by atoms with Gasteiger partial charge in [0.05, 0.1) is 5.52 Å². The van der Waals surface area contributed by atoms with Crippen molar-refractivity contribution < 1.29 is 9.53 Å². The summed E-state index contributed by atoms with van der Waals surface area (Å²) < 4.78 is 6.53. The lowest BCUT2D eigenvalue weighted by atomic mass is 10.1. The maximum atomic E-state index is 11.8. The lowest BCUT2D eigenvalue weighted by Gasteiger charge is -2.13. The molecule has 0 aliphatic carbocycles. The number of halogens is 2. The number of ether oxygens (including phenoxy) is 1. The van der Waals surface area contributed by atoms with Gasteiger partial charge in [-0.2, -0.15) is 5.26 Å². The van der Waals surface area contributed by atoms with Gasteiger partial charge in [-0.3, -0.25) is 4.79 Å². The highest BCUT2D eigenvalue weighted by molar-refractivity contribution is 9.10. The zero-order chi connectivity index (χ0) is 17.1. The van der Waals surface area contributed by atoms with Crippen molar-refractivity contribution in [2.75, 3.05) is 0 Å². The van der Waals surface area contributed by atoms with Gasteiger partial charge in [0.15, 0.2) is 11.4 Å². The quantitative estimate of drug-likeness (QED) is 0.588. The summed E-state index contributed by atoms with van der Waals surface area (Å²) in [7, 11) is 0. The van der Waals surface area contributed by atoms with E-state index in [1.165, 1.54) is 0 Å². The molecular weight excluding hydrogens is 392 g/mol. The molecule has 0 saturated carbocycles. The zero-order valence-corrected chi connectivity index (χ0v) is 14.6. The molecule has 0 bridgehead atoms. The van der Waals surface area contributed by atoms with E-state index in [1.807, 2.05) is 30.3 Å². The molecule has 0 aliphatic rings. The fraction of sp³-hybridized carbons (Fsp3) is 0.0556. The van der Waals surface area contributed by atoms with Crippen molar-refractivity contribution in [2.45, 2.75) is 6.61 Å². The van der Waals surface area contributed by atoms with Gasteiger partial charge in [-0.25, -0.2) is 4.98 Å². The van der Waals surface area contributed by atoms with Crippen LogP contribution in [0.2, 0.25) is 0 Å². The smallest absolute Gasteiger partial charge is 0.274 e. The fourth-order valence-corrected chi connectivity index (χ4v) is 2.81. The molecule has 118 valence electrons. The monoisotopic (exact) mass is 400 g/mol. The molecule has 1 aromatic heterocycles. The predicted octanol–water partition coefficient (Wildman–Crippen LogP) is 4.83. The standard InChI is InChI=1S/C18H10BrClN2O2/c19-12-6-7-13-14(9-21)17(16(18(20)23)22-15(13)8-12)24-10-11-4-2-1-3-5-11/h1-8H,10H2. The molecule has 4 nitrogen and oxygen atoms in total. The van der Waals surface area contributed by atoms with Crippen molar-refractivity contribution in [3.63, 3.8) is 0 Å². The number of fused-ring (bicyclic) bond motifs is 1. The van der Waals surface area contributed by atoms with Gasteiger partial charge >= 0.3 is 0 Å². The molecule has 0 radical (unpaired) electrons. The van der Waals surface area contributed by atoms with E-state index < -0.39 is 5.24 Å². The Hall–Kier alpha value is -2.42. The molecule has 0 N–H and O–H groups in total. The van der Waals surface area contributed by atoms with Crippen molar-refractivity contribution in [3.8, 4) is 11.8 Å². The maximum absolute atomic E-state index is 11.8. The van der Waals surface area contributed by atoms with Crippen LogP contribution in [0.15, 0.2) is 53.0 Å². The largest absolute Gasteiger partial charge is 0.485 e. The van der Waals surface area contributed by atoms with Gasteiger partial charge in [0.25, 0.3) is 5.24 Å². The molecule has 2 aromatic carbocycles. The van der Waals surface area contributed by atoms with Crippen LogP contribution in [0, 0.1) is 11.3 Å². The van der Waals surface area contributed by atoms with Gasteiger partial charge in [0, 0.05) is 9.86 Å². The van der Waals surface area contributed by atoms with Gasteiger partial charge in [0.1, 0.15) is 18.2 Å². The molecule has 0 aliphatic heterocycles. The van der Waals surface area contributed by atoms with Gasteiger partial charge < -0.3 is 4.74 Å². The highest BCUT2D eigenvalue weighted by Gasteiger charge is 2.21. The van der Waals surface area contributed by atoms with Gasteiger partial charge in [-0.15, -0.1) is 0 Å². The zero-order valence-electron chi connectivity index (χ0n) is 12.3. The van der Waals surface area contributed by atoms with Crippen molar-refractivity contribution in [1.29, 1.82) is 5.26 Å². The molecule has 0 fully saturated rings. The summed E-state index contributed by atoms with van der Waals surface area (Å²) in [6, 6.07) is 16.8. The van der Waals surface area contributed by atoms with Crippen molar-refractivity contribution in [1.82, 2.24) is 4.98 Å².